The Kier molecular flexibility index (Phi) is 35.2. The van der Waals surface area contributed by atoms with E-state index in [2.05, 4.69) is 69.2 Å². The normalized spacial score (nSPS) is 14.0. The van der Waals surface area contributed by atoms with Gasteiger partial charge in [0.1, 0.15) is 0 Å². The Labute approximate surface area is 319 Å². The minimum absolute atomic E-state index is 1.15. The SMILES string of the molecule is CCCCCCCCCCCC.CCCCP(CCCC)(CCCC)(CCCC)O[P+](=O)OP(CCCC)(CCCC)(CCCC)CCCC. The van der Waals surface area contributed by atoms with E-state index in [9.17, 15) is 4.57 Å². The Morgan fingerprint density at radius 2 is 0.440 bits per heavy atom. The molecule has 3 nitrogen and oxygen atoms in total. The third-order valence-corrected chi connectivity index (χ3v) is 28.0. The van der Waals surface area contributed by atoms with Crippen LogP contribution < -0.4 is 0 Å². The second-order valence-electron chi connectivity index (χ2n) is 16.5. The van der Waals surface area contributed by atoms with Gasteiger partial charge in [0.05, 0.1) is 0 Å². The zero-order valence-electron chi connectivity index (χ0n) is 36.6. The van der Waals surface area contributed by atoms with E-state index in [1.165, 1.54) is 167 Å². The molecule has 0 aliphatic heterocycles. The summed E-state index contributed by atoms with van der Waals surface area (Å²) in [6.07, 6.45) is 42.6. The molecule has 306 valence electrons. The van der Waals surface area contributed by atoms with E-state index in [-0.39, 0.29) is 0 Å². The van der Waals surface area contributed by atoms with Gasteiger partial charge in [-0.25, -0.2) is 0 Å². The molecule has 0 bridgehead atoms. The van der Waals surface area contributed by atoms with Gasteiger partial charge >= 0.3 is 243 Å². The number of hydrogen-bond acceptors (Lipinski definition) is 3. The van der Waals surface area contributed by atoms with Crippen LogP contribution >= 0.6 is 21.9 Å². The van der Waals surface area contributed by atoms with E-state index >= 15 is 0 Å². The topological polar surface area (TPSA) is 35.5 Å². The Bertz CT molecular complexity index is 612. The molecule has 0 aromatic heterocycles. The predicted molar refractivity (Wildman–Crippen MR) is 239 cm³/mol. The van der Waals surface area contributed by atoms with Crippen LogP contribution in [0.15, 0.2) is 0 Å². The van der Waals surface area contributed by atoms with Crippen LogP contribution in [-0.2, 0) is 13.2 Å². The molecule has 0 saturated heterocycles. The van der Waals surface area contributed by atoms with Crippen LogP contribution in [0.4, 0.5) is 0 Å². The Morgan fingerprint density at radius 3 is 0.600 bits per heavy atom. The van der Waals surface area contributed by atoms with Crippen LogP contribution in [-0.4, -0.2) is 49.3 Å². The molecule has 0 rings (SSSR count). The first-order valence-corrected chi connectivity index (χ1v) is 29.9. The van der Waals surface area contributed by atoms with Crippen LogP contribution in [0.2, 0.25) is 0 Å². The Morgan fingerprint density at radius 1 is 0.280 bits per heavy atom. The molecular formula is C44H98O3P3+. The van der Waals surface area contributed by atoms with Crippen molar-refractivity contribution in [1.82, 2.24) is 0 Å². The van der Waals surface area contributed by atoms with Crippen LogP contribution in [0.25, 0.3) is 0 Å². The molecular weight excluding hydrogens is 669 g/mol. The zero-order valence-corrected chi connectivity index (χ0v) is 39.3. The van der Waals surface area contributed by atoms with Crippen molar-refractivity contribution in [3.63, 3.8) is 0 Å². The summed E-state index contributed by atoms with van der Waals surface area (Å²) in [6, 6.07) is 0. The molecule has 0 saturated carbocycles. The average molecular weight is 768 g/mol. The third kappa shape index (κ3) is 22.9. The van der Waals surface area contributed by atoms with Gasteiger partial charge in [-0.2, -0.15) is 0 Å². The maximum absolute atomic E-state index is 14.6. The van der Waals surface area contributed by atoms with Gasteiger partial charge in [0.15, 0.2) is 0 Å². The van der Waals surface area contributed by atoms with Crippen LogP contribution in [0.3, 0.4) is 0 Å². The van der Waals surface area contributed by atoms with Gasteiger partial charge < -0.3 is 0 Å². The Balaban J connectivity index is 0. The fourth-order valence-electron chi connectivity index (χ4n) is 8.09. The summed E-state index contributed by atoms with van der Waals surface area (Å²) >= 11 is 0. The molecule has 0 spiro atoms. The Hall–Kier alpha value is 0.880. The molecule has 0 N–H and O–H groups in total. The second-order valence-corrected chi connectivity index (χ2v) is 29.3. The zero-order chi connectivity index (χ0) is 37.9. The molecule has 6 heteroatoms. The summed E-state index contributed by atoms with van der Waals surface area (Å²) in [4.78, 5) is 0. The van der Waals surface area contributed by atoms with Crippen molar-refractivity contribution in [2.24, 2.45) is 0 Å². The molecule has 0 aliphatic rings. The van der Waals surface area contributed by atoms with E-state index in [1.54, 1.807) is 0 Å². The quantitative estimate of drug-likeness (QED) is 0.0466. The van der Waals surface area contributed by atoms with Crippen molar-refractivity contribution in [3.05, 3.63) is 0 Å². The van der Waals surface area contributed by atoms with Crippen molar-refractivity contribution >= 4 is 21.9 Å². The molecule has 0 unspecified atom stereocenters. The number of unbranched alkanes of at least 4 members (excludes halogenated alkanes) is 17. The molecule has 0 aliphatic carbocycles. The fourth-order valence-corrected chi connectivity index (χ4v) is 25.7. The first kappa shape index (κ1) is 53.0. The summed E-state index contributed by atoms with van der Waals surface area (Å²) in [6.45, 7) is 17.7. The molecule has 0 atom stereocenters. The van der Waals surface area contributed by atoms with Crippen LogP contribution in [0, 0.1) is 0 Å². The molecule has 0 heterocycles. The van der Waals surface area contributed by atoms with E-state index in [0.29, 0.717) is 0 Å². The van der Waals surface area contributed by atoms with E-state index < -0.39 is 21.9 Å². The van der Waals surface area contributed by atoms with Gasteiger partial charge in [-0.15, -0.1) is 0 Å². The second kappa shape index (κ2) is 33.2. The van der Waals surface area contributed by atoms with Gasteiger partial charge in [0, 0.05) is 0 Å². The van der Waals surface area contributed by atoms with Gasteiger partial charge in [-0.3, -0.25) is 0 Å². The minimum atomic E-state index is -2.64. The van der Waals surface area contributed by atoms with Crippen molar-refractivity contribution in [1.29, 1.82) is 0 Å². The molecule has 0 radical (unpaired) electrons. The van der Waals surface area contributed by atoms with Crippen LogP contribution in [0.1, 0.15) is 236 Å². The van der Waals surface area contributed by atoms with Crippen molar-refractivity contribution in [2.75, 3.05) is 49.3 Å². The third-order valence-electron chi connectivity index (χ3n) is 11.7. The van der Waals surface area contributed by atoms with Crippen molar-refractivity contribution in [3.8, 4) is 0 Å². The summed E-state index contributed by atoms with van der Waals surface area (Å²) < 4.78 is 29.1. The number of hydrogen-bond donors (Lipinski definition) is 0. The van der Waals surface area contributed by atoms with Crippen molar-refractivity contribution in [2.45, 2.75) is 236 Å². The average Bonchev–Trinajstić information content (AvgIpc) is 3.13. The van der Waals surface area contributed by atoms with Gasteiger partial charge in [0.25, 0.3) is 0 Å². The molecule has 0 fully saturated rings. The molecule has 50 heavy (non-hydrogen) atoms. The van der Waals surface area contributed by atoms with Gasteiger partial charge in [-0.1, -0.05) is 78.1 Å². The molecule has 0 aromatic carbocycles. The molecule has 0 aromatic rings. The first-order chi connectivity index (χ1) is 24.1. The number of rotatable bonds is 37. The summed E-state index contributed by atoms with van der Waals surface area (Å²) in [5.74, 6) is 0. The summed E-state index contributed by atoms with van der Waals surface area (Å²) in [5.41, 5.74) is 0. The van der Waals surface area contributed by atoms with Crippen molar-refractivity contribution < 1.29 is 13.2 Å². The standard InChI is InChI=1S/C32H72O3P3.C12H26/c1-9-17-25-37(26-18-10-2,27-19-11-3,28-20-12-4)34-36(33)35-38(29-21-13-5,30-22-14-6,31-23-15-7)32-24-16-8;1-3-5-7-9-11-12-10-8-6-4-2/h9-32H2,1-8H3;3-12H2,1-2H3/q+1;. The van der Waals surface area contributed by atoms with Gasteiger partial charge in [-0.05, 0) is 0 Å². The maximum atomic E-state index is 14.6. The fraction of sp³-hybridized carbons (Fsp3) is 1.00. The van der Waals surface area contributed by atoms with E-state index in [4.69, 9.17) is 8.62 Å². The summed E-state index contributed by atoms with van der Waals surface area (Å²) in [5, 5.41) is 0. The summed E-state index contributed by atoms with van der Waals surface area (Å²) in [7, 11) is -2.12. The predicted octanol–water partition coefficient (Wildman–Crippen LogP) is 17.9. The van der Waals surface area contributed by atoms with Crippen LogP contribution in [0.5, 0.6) is 0 Å². The van der Waals surface area contributed by atoms with E-state index in [1.807, 2.05) is 0 Å². The first-order valence-electron chi connectivity index (χ1n) is 23.0. The molecule has 0 amide bonds. The monoisotopic (exact) mass is 768 g/mol. The van der Waals surface area contributed by atoms with E-state index in [0.717, 1.165) is 49.3 Å². The van der Waals surface area contributed by atoms with Gasteiger partial charge in [0.2, 0.25) is 0 Å².